The van der Waals surface area contributed by atoms with E-state index in [1.807, 2.05) is 39.8 Å². The van der Waals surface area contributed by atoms with Crippen LogP contribution in [0.5, 0.6) is 11.5 Å². The van der Waals surface area contributed by atoms with Crippen LogP contribution in [0.2, 0.25) is 0 Å². The van der Waals surface area contributed by atoms with Crippen LogP contribution in [0.15, 0.2) is 46.4 Å². The molecular weight excluding hydrogens is 300 g/mol. The number of hydrogen-bond acceptors (Lipinski definition) is 4. The van der Waals surface area contributed by atoms with Gasteiger partial charge in [0.2, 0.25) is 0 Å². The molecule has 2 aromatic carbocycles. The van der Waals surface area contributed by atoms with Crippen molar-refractivity contribution in [2.75, 3.05) is 13.1 Å². The van der Waals surface area contributed by atoms with Gasteiger partial charge in [-0.3, -0.25) is 9.98 Å². The summed E-state index contributed by atoms with van der Waals surface area (Å²) in [5.74, 6) is -0.0328. The van der Waals surface area contributed by atoms with Crippen molar-refractivity contribution in [1.29, 1.82) is 0 Å². The molecule has 0 atom stereocenters. The summed E-state index contributed by atoms with van der Waals surface area (Å²) >= 11 is 0. The highest BCUT2D eigenvalue weighted by atomic mass is 16.3. The lowest BCUT2D eigenvalue weighted by Crippen LogP contribution is -2.06. The molecule has 2 aromatic rings. The summed E-state index contributed by atoms with van der Waals surface area (Å²) in [6.07, 6.45) is 0. The van der Waals surface area contributed by atoms with Gasteiger partial charge in [0.1, 0.15) is 0 Å². The smallest absolute Gasteiger partial charge is 0.0588 e. The third-order valence-corrected chi connectivity index (χ3v) is 3.85. The first kappa shape index (κ1) is 17.7. The van der Waals surface area contributed by atoms with E-state index in [0.29, 0.717) is 24.2 Å². The average molecular weight is 322 g/mol. The maximum atomic E-state index is 11.9. The summed E-state index contributed by atoms with van der Waals surface area (Å²) in [6.45, 7) is 8.54. The normalized spacial score (nSPS) is 12.5. The van der Waals surface area contributed by atoms with Crippen LogP contribution in [0.25, 0.3) is 0 Å². The van der Waals surface area contributed by atoms with E-state index in [1.54, 1.807) is 24.3 Å². The topological polar surface area (TPSA) is 70.8 Å². The minimum Gasteiger partial charge on any atom is -0.872 e. The summed E-state index contributed by atoms with van der Waals surface area (Å²) in [5.41, 5.74) is 4.78. The lowest BCUT2D eigenvalue weighted by Gasteiger charge is -2.14. The summed E-state index contributed by atoms with van der Waals surface area (Å²) in [4.78, 5) is 8.87. The van der Waals surface area contributed by atoms with Crippen molar-refractivity contribution in [2.24, 2.45) is 9.98 Å². The first-order valence-corrected chi connectivity index (χ1v) is 7.96. The van der Waals surface area contributed by atoms with Gasteiger partial charge in [0.15, 0.2) is 0 Å². The molecule has 0 radical (unpaired) electrons. The number of benzene rings is 2. The van der Waals surface area contributed by atoms with Gasteiger partial charge in [-0.2, -0.15) is 0 Å². The van der Waals surface area contributed by atoms with Crippen molar-refractivity contribution in [2.45, 2.75) is 27.7 Å². The molecule has 24 heavy (non-hydrogen) atoms. The lowest BCUT2D eigenvalue weighted by molar-refractivity contribution is -0.269. The second kappa shape index (κ2) is 7.77. The molecule has 0 heterocycles. The van der Waals surface area contributed by atoms with Crippen molar-refractivity contribution < 1.29 is 10.2 Å². The molecule has 0 saturated heterocycles. The van der Waals surface area contributed by atoms with Gasteiger partial charge in [-0.05, 0) is 38.8 Å². The maximum absolute atomic E-state index is 11.9. The van der Waals surface area contributed by atoms with Crippen molar-refractivity contribution in [3.63, 3.8) is 0 Å². The Balaban J connectivity index is 2.05. The maximum Gasteiger partial charge on any atom is 0.0588 e. The molecule has 4 nitrogen and oxygen atoms in total. The predicted octanol–water partition coefficient (Wildman–Crippen LogP) is 2.77. The molecule has 0 aliphatic carbocycles. The molecule has 0 amide bonds. The quantitative estimate of drug-likeness (QED) is 0.627. The van der Waals surface area contributed by atoms with Gasteiger partial charge in [-0.15, -0.1) is 0 Å². The van der Waals surface area contributed by atoms with E-state index in [4.69, 9.17) is 0 Å². The van der Waals surface area contributed by atoms with Gasteiger partial charge in [0.25, 0.3) is 0 Å². The van der Waals surface area contributed by atoms with Crippen molar-refractivity contribution in [3.8, 4) is 11.5 Å². The summed E-state index contributed by atoms with van der Waals surface area (Å²) in [6, 6.07) is 10.4. The molecule has 0 saturated carbocycles. The highest BCUT2D eigenvalue weighted by Crippen LogP contribution is 2.17. The summed E-state index contributed by atoms with van der Waals surface area (Å²) in [7, 11) is 0. The fourth-order valence-corrected chi connectivity index (χ4v) is 2.46. The molecule has 0 aliphatic heterocycles. The molecule has 0 unspecified atom stereocenters. The highest BCUT2D eigenvalue weighted by Gasteiger charge is 2.01. The predicted molar refractivity (Wildman–Crippen MR) is 95.4 cm³/mol. The van der Waals surface area contributed by atoms with E-state index in [9.17, 15) is 10.2 Å². The van der Waals surface area contributed by atoms with E-state index < -0.39 is 0 Å². The Hall–Kier alpha value is -2.62. The van der Waals surface area contributed by atoms with Crippen LogP contribution < -0.4 is 10.2 Å². The fourth-order valence-electron chi connectivity index (χ4n) is 2.46. The van der Waals surface area contributed by atoms with Gasteiger partial charge in [-0.25, -0.2) is 0 Å². The van der Waals surface area contributed by atoms with E-state index in [2.05, 4.69) is 9.98 Å². The Morgan fingerprint density at radius 3 is 1.50 bits per heavy atom. The van der Waals surface area contributed by atoms with Crippen LogP contribution in [0.1, 0.15) is 36.1 Å². The zero-order valence-electron chi connectivity index (χ0n) is 14.6. The Labute approximate surface area is 143 Å². The Morgan fingerprint density at radius 1 is 0.750 bits per heavy atom. The van der Waals surface area contributed by atoms with E-state index in [0.717, 1.165) is 22.6 Å². The van der Waals surface area contributed by atoms with E-state index in [-0.39, 0.29) is 11.5 Å². The Kier molecular flexibility index (Phi) is 5.74. The molecule has 126 valence electrons. The standard InChI is InChI=1S/C20H24N2O2/c1-13-5-7-19(23)17(11-13)15(3)21-9-10-22-16(4)18-12-14(2)6-8-20(18)24/h5-8,11-12,23-24H,9-10H2,1-4H3/p-2. The van der Waals surface area contributed by atoms with Crippen LogP contribution >= 0.6 is 0 Å². The molecule has 2 rings (SSSR count). The Bertz CT molecular complexity index is 725. The minimum atomic E-state index is -0.0164. The lowest BCUT2D eigenvalue weighted by atomic mass is 10.1. The second-order valence-corrected chi connectivity index (χ2v) is 5.93. The van der Waals surface area contributed by atoms with E-state index >= 15 is 0 Å². The molecule has 0 aromatic heterocycles. The Morgan fingerprint density at radius 2 is 1.12 bits per heavy atom. The molecular formula is C20H22N2O2-2. The summed E-state index contributed by atoms with van der Waals surface area (Å²) in [5, 5.41) is 23.7. The van der Waals surface area contributed by atoms with Crippen LogP contribution in [-0.2, 0) is 0 Å². The first-order valence-electron chi connectivity index (χ1n) is 7.96. The van der Waals surface area contributed by atoms with Crippen molar-refractivity contribution in [3.05, 3.63) is 58.7 Å². The van der Waals surface area contributed by atoms with E-state index in [1.165, 1.54) is 0 Å². The highest BCUT2D eigenvalue weighted by molar-refractivity contribution is 6.01. The number of hydrogen-bond donors (Lipinski definition) is 0. The number of rotatable bonds is 5. The minimum absolute atomic E-state index is 0.0164. The second-order valence-electron chi connectivity index (χ2n) is 5.93. The average Bonchev–Trinajstić information content (AvgIpc) is 2.55. The summed E-state index contributed by atoms with van der Waals surface area (Å²) < 4.78 is 0. The van der Waals surface area contributed by atoms with Crippen LogP contribution in [0.3, 0.4) is 0 Å². The first-order chi connectivity index (χ1) is 11.4. The largest absolute Gasteiger partial charge is 0.872 e. The zero-order chi connectivity index (χ0) is 17.7. The van der Waals surface area contributed by atoms with Crippen LogP contribution in [-0.4, -0.2) is 24.5 Å². The number of aryl methyl sites for hydroxylation is 2. The van der Waals surface area contributed by atoms with Gasteiger partial charge in [0, 0.05) is 11.4 Å². The number of aliphatic imine (C=N–C) groups is 2. The van der Waals surface area contributed by atoms with Crippen LogP contribution in [0.4, 0.5) is 0 Å². The van der Waals surface area contributed by atoms with Crippen molar-refractivity contribution >= 4 is 11.4 Å². The number of nitrogens with zero attached hydrogens (tertiary/aromatic N) is 2. The van der Waals surface area contributed by atoms with Gasteiger partial charge < -0.3 is 10.2 Å². The molecule has 0 fully saturated rings. The fraction of sp³-hybridized carbons (Fsp3) is 0.300. The molecule has 0 aliphatic rings. The zero-order valence-corrected chi connectivity index (χ0v) is 14.6. The monoisotopic (exact) mass is 322 g/mol. The molecule has 4 heteroatoms. The van der Waals surface area contributed by atoms with Gasteiger partial charge >= 0.3 is 0 Å². The van der Waals surface area contributed by atoms with Crippen LogP contribution in [0, 0.1) is 13.8 Å². The third-order valence-electron chi connectivity index (χ3n) is 3.85. The molecule has 0 bridgehead atoms. The van der Waals surface area contributed by atoms with Crippen molar-refractivity contribution in [1.82, 2.24) is 0 Å². The molecule has 0 spiro atoms. The molecule has 0 N–H and O–H groups in total. The third kappa shape index (κ3) is 4.44. The SMILES string of the molecule is CC(=NCCN=C(C)c1cc(C)ccc1[O-])c1cc(C)ccc1[O-]. The van der Waals surface area contributed by atoms with Gasteiger partial charge in [0.05, 0.1) is 13.1 Å². The van der Waals surface area contributed by atoms with Gasteiger partial charge in [-0.1, -0.05) is 59.0 Å².